The topological polar surface area (TPSA) is 38.7 Å². The van der Waals surface area contributed by atoms with Crippen LogP contribution < -0.4 is 10.2 Å². The van der Waals surface area contributed by atoms with Gasteiger partial charge in [-0.15, -0.1) is 0 Å². The Kier molecular flexibility index (Phi) is 3.28. The molecule has 1 heterocycles. The van der Waals surface area contributed by atoms with E-state index in [0.29, 0.717) is 13.2 Å². The van der Waals surface area contributed by atoms with Gasteiger partial charge in [0.2, 0.25) is 0 Å². The molecular weight excluding hydrogens is 239 g/mol. The number of hydrogen-bond acceptors (Lipinski definition) is 3. The smallest absolute Gasteiger partial charge is 0.489 e. The lowest BCUT2D eigenvalue weighted by Gasteiger charge is -2.12. The Morgan fingerprint density at radius 1 is 1.21 bits per heavy atom. The molecule has 19 heavy (non-hydrogen) atoms. The molecule has 3 nitrogen and oxygen atoms in total. The van der Waals surface area contributed by atoms with Gasteiger partial charge in [-0.2, -0.15) is 0 Å². The van der Waals surface area contributed by atoms with Crippen molar-refractivity contribution in [3.63, 3.8) is 0 Å². The fourth-order valence-corrected chi connectivity index (χ4v) is 2.38. The van der Waals surface area contributed by atoms with E-state index < -0.39 is 7.12 Å². The zero-order chi connectivity index (χ0) is 13.2. The molecule has 2 aromatic carbocycles. The first-order valence-electron chi connectivity index (χ1n) is 6.34. The van der Waals surface area contributed by atoms with Gasteiger partial charge in [0.15, 0.2) is 0 Å². The van der Waals surface area contributed by atoms with Crippen LogP contribution in [0.1, 0.15) is 16.7 Å². The zero-order valence-electron chi connectivity index (χ0n) is 10.8. The molecule has 3 rings (SSSR count). The van der Waals surface area contributed by atoms with Crippen molar-refractivity contribution in [2.24, 2.45) is 0 Å². The van der Waals surface area contributed by atoms with Crippen LogP contribution >= 0.6 is 0 Å². The van der Waals surface area contributed by atoms with Gasteiger partial charge < -0.3 is 14.4 Å². The minimum atomic E-state index is -0.824. The minimum absolute atomic E-state index is 0.469. The predicted octanol–water partition coefficient (Wildman–Crippen LogP) is 1.79. The lowest BCUT2D eigenvalue weighted by Crippen LogP contribution is -2.30. The summed E-state index contributed by atoms with van der Waals surface area (Å²) in [7, 11) is -0.824. The van der Waals surface area contributed by atoms with E-state index in [4.69, 9.17) is 9.39 Å². The third kappa shape index (κ3) is 2.37. The zero-order valence-corrected chi connectivity index (χ0v) is 10.8. The van der Waals surface area contributed by atoms with Crippen LogP contribution in [0.15, 0.2) is 42.5 Å². The summed E-state index contributed by atoms with van der Waals surface area (Å²) in [6, 6.07) is 13.9. The number of benzene rings is 2. The average molecular weight is 254 g/mol. The highest BCUT2D eigenvalue weighted by Gasteiger charge is 2.30. The lowest BCUT2D eigenvalue weighted by atomic mass is 9.76. The summed E-state index contributed by atoms with van der Waals surface area (Å²) in [4.78, 5) is 0. The van der Waals surface area contributed by atoms with Gasteiger partial charge in [0, 0.05) is 0 Å². The first-order valence-corrected chi connectivity index (χ1v) is 6.34. The van der Waals surface area contributed by atoms with Crippen LogP contribution in [0.2, 0.25) is 0 Å². The second kappa shape index (κ2) is 5.07. The van der Waals surface area contributed by atoms with Crippen LogP contribution in [0.4, 0.5) is 0 Å². The van der Waals surface area contributed by atoms with E-state index in [1.165, 1.54) is 0 Å². The number of rotatable bonds is 3. The summed E-state index contributed by atoms with van der Waals surface area (Å²) in [6.45, 7) is 2.95. The number of fused-ring (bicyclic) bond motifs is 1. The van der Waals surface area contributed by atoms with Gasteiger partial charge in [-0.25, -0.2) is 0 Å². The molecule has 0 unspecified atom stereocenters. The highest BCUT2D eigenvalue weighted by Crippen LogP contribution is 2.22. The van der Waals surface area contributed by atoms with Gasteiger partial charge in [0.1, 0.15) is 12.4 Å². The fraction of sp³-hybridized carbons (Fsp3) is 0.200. The molecule has 1 N–H and O–H groups in total. The molecule has 0 spiro atoms. The van der Waals surface area contributed by atoms with Gasteiger partial charge in [-0.05, 0) is 35.1 Å². The highest BCUT2D eigenvalue weighted by molar-refractivity contribution is 6.62. The van der Waals surface area contributed by atoms with Gasteiger partial charge in [-0.1, -0.05) is 36.4 Å². The molecule has 2 aromatic rings. The summed E-state index contributed by atoms with van der Waals surface area (Å²) in [6.07, 6.45) is 0. The summed E-state index contributed by atoms with van der Waals surface area (Å²) < 4.78 is 11.1. The Balaban J connectivity index is 1.81. The Labute approximate surface area is 112 Å². The second-order valence-electron chi connectivity index (χ2n) is 4.70. The first-order chi connectivity index (χ1) is 9.25. The van der Waals surface area contributed by atoms with E-state index in [2.05, 4.69) is 0 Å². The molecule has 0 saturated carbocycles. The van der Waals surface area contributed by atoms with Gasteiger partial charge in [0.25, 0.3) is 0 Å². The maximum absolute atomic E-state index is 9.79. The minimum Gasteiger partial charge on any atom is -0.489 e. The Bertz CT molecular complexity index is 583. The monoisotopic (exact) mass is 254 g/mol. The van der Waals surface area contributed by atoms with Crippen molar-refractivity contribution in [3.8, 4) is 5.75 Å². The summed E-state index contributed by atoms with van der Waals surface area (Å²) in [5, 5.41) is 9.79. The SMILES string of the molecule is Cc1c(OCc2ccccc2)ccc2c1B(O)OC2. The molecule has 96 valence electrons. The quantitative estimate of drug-likeness (QED) is 0.848. The van der Waals surface area contributed by atoms with Gasteiger partial charge >= 0.3 is 7.12 Å². The van der Waals surface area contributed by atoms with Crippen LogP contribution in [-0.2, 0) is 17.9 Å². The molecule has 0 amide bonds. The molecule has 0 fully saturated rings. The largest absolute Gasteiger partial charge is 0.492 e. The molecule has 1 aliphatic heterocycles. The molecule has 0 aliphatic carbocycles. The highest BCUT2D eigenvalue weighted by atomic mass is 16.5. The Morgan fingerprint density at radius 3 is 2.79 bits per heavy atom. The lowest BCUT2D eigenvalue weighted by molar-refractivity contribution is 0.275. The molecule has 0 atom stereocenters. The summed E-state index contributed by atoms with van der Waals surface area (Å²) in [5.74, 6) is 0.798. The molecule has 0 bridgehead atoms. The van der Waals surface area contributed by atoms with Crippen molar-refractivity contribution < 1.29 is 14.4 Å². The average Bonchev–Trinajstić information content (AvgIpc) is 2.82. The maximum atomic E-state index is 9.79. The predicted molar refractivity (Wildman–Crippen MR) is 74.3 cm³/mol. The number of ether oxygens (including phenoxy) is 1. The van der Waals surface area contributed by atoms with Crippen LogP contribution in [0.5, 0.6) is 5.75 Å². The van der Waals surface area contributed by atoms with Crippen molar-refractivity contribution in [2.45, 2.75) is 20.1 Å². The van der Waals surface area contributed by atoms with E-state index in [1.807, 2.05) is 49.4 Å². The van der Waals surface area contributed by atoms with Crippen LogP contribution in [0.3, 0.4) is 0 Å². The third-order valence-corrected chi connectivity index (χ3v) is 3.44. The van der Waals surface area contributed by atoms with E-state index in [0.717, 1.165) is 27.9 Å². The van der Waals surface area contributed by atoms with Crippen molar-refractivity contribution >= 4 is 12.6 Å². The molecule has 0 aromatic heterocycles. The van der Waals surface area contributed by atoms with E-state index in [9.17, 15) is 5.02 Å². The molecule has 1 aliphatic rings. The van der Waals surface area contributed by atoms with Crippen molar-refractivity contribution in [2.75, 3.05) is 0 Å². The molecule has 0 radical (unpaired) electrons. The molecule has 0 saturated heterocycles. The molecule has 4 heteroatoms. The van der Waals surface area contributed by atoms with E-state index in [-0.39, 0.29) is 0 Å². The van der Waals surface area contributed by atoms with Crippen molar-refractivity contribution in [1.29, 1.82) is 0 Å². The normalized spacial score (nSPS) is 13.5. The number of hydrogen-bond donors (Lipinski definition) is 1. The Morgan fingerprint density at radius 2 is 2.00 bits per heavy atom. The summed E-state index contributed by atoms with van der Waals surface area (Å²) >= 11 is 0. The van der Waals surface area contributed by atoms with E-state index in [1.54, 1.807) is 0 Å². The van der Waals surface area contributed by atoms with Crippen LogP contribution in [-0.4, -0.2) is 12.1 Å². The second-order valence-corrected chi connectivity index (χ2v) is 4.70. The van der Waals surface area contributed by atoms with Crippen molar-refractivity contribution in [3.05, 3.63) is 59.2 Å². The third-order valence-electron chi connectivity index (χ3n) is 3.44. The van der Waals surface area contributed by atoms with Crippen LogP contribution in [0, 0.1) is 6.92 Å². The Hall–Kier alpha value is -1.78. The van der Waals surface area contributed by atoms with E-state index >= 15 is 0 Å². The molecular formula is C15H15BO3. The van der Waals surface area contributed by atoms with Crippen molar-refractivity contribution in [1.82, 2.24) is 0 Å². The maximum Gasteiger partial charge on any atom is 0.492 e. The summed E-state index contributed by atoms with van der Waals surface area (Å²) in [5.41, 5.74) is 3.97. The first kappa shape index (κ1) is 12.3. The van der Waals surface area contributed by atoms with Gasteiger partial charge in [-0.3, -0.25) is 0 Å². The van der Waals surface area contributed by atoms with Gasteiger partial charge in [0.05, 0.1) is 6.61 Å². The fourth-order valence-electron chi connectivity index (χ4n) is 2.38. The van der Waals surface area contributed by atoms with Crippen LogP contribution in [0.25, 0.3) is 0 Å². The standard InChI is InChI=1S/C15H15BO3/c1-11-14(18-9-12-5-3-2-4-6-12)8-7-13-10-19-16(17)15(11)13/h2-8,17H,9-10H2,1H3.